The van der Waals surface area contributed by atoms with Crippen molar-refractivity contribution in [3.05, 3.63) is 33.8 Å². The second-order valence-corrected chi connectivity index (χ2v) is 5.77. The molecule has 1 aromatic carbocycles. The van der Waals surface area contributed by atoms with Crippen LogP contribution in [0, 0.1) is 0 Å². The Kier molecular flexibility index (Phi) is 3.75. The van der Waals surface area contributed by atoms with E-state index in [9.17, 15) is 9.90 Å². The van der Waals surface area contributed by atoms with Gasteiger partial charge in [-0.05, 0) is 30.5 Å². The fraction of sp³-hybridized carbons (Fsp3) is 0.462. The molecule has 0 radical (unpaired) electrons. The molecule has 0 spiro atoms. The maximum absolute atomic E-state index is 10.9. The van der Waals surface area contributed by atoms with E-state index in [0.717, 1.165) is 17.4 Å². The molecule has 4 nitrogen and oxygen atoms in total. The predicted octanol–water partition coefficient (Wildman–Crippen LogP) is 1.64. The summed E-state index contributed by atoms with van der Waals surface area (Å²) in [4.78, 5) is 12.9. The Hall–Kier alpha value is -0.910. The zero-order valence-corrected chi connectivity index (χ0v) is 11.8. The third-order valence-electron chi connectivity index (χ3n) is 3.28. The minimum Gasteiger partial charge on any atom is -0.479 e. The molecule has 0 aromatic heterocycles. The molecule has 1 aliphatic rings. The van der Waals surface area contributed by atoms with E-state index in [1.807, 2.05) is 23.1 Å². The number of fused-ring (bicyclic) bond motifs is 1. The van der Waals surface area contributed by atoms with E-state index in [-0.39, 0.29) is 6.54 Å². The number of aliphatic hydroxyl groups is 1. The van der Waals surface area contributed by atoms with Crippen molar-refractivity contribution in [2.24, 2.45) is 0 Å². The summed E-state index contributed by atoms with van der Waals surface area (Å²) in [6.07, 6.45) is 0.868. The molecule has 18 heavy (non-hydrogen) atoms. The average molecular weight is 314 g/mol. The number of carboxylic acids is 1. The van der Waals surface area contributed by atoms with Crippen molar-refractivity contribution in [1.82, 2.24) is 4.90 Å². The lowest BCUT2D eigenvalue weighted by atomic mass is 9.98. The molecule has 0 saturated carbocycles. The van der Waals surface area contributed by atoms with Gasteiger partial charge in [0, 0.05) is 24.1 Å². The quantitative estimate of drug-likeness (QED) is 0.890. The third-order valence-corrected chi connectivity index (χ3v) is 4.02. The van der Waals surface area contributed by atoms with Gasteiger partial charge >= 0.3 is 5.97 Å². The van der Waals surface area contributed by atoms with Gasteiger partial charge in [0.05, 0.1) is 0 Å². The molecule has 0 amide bonds. The fourth-order valence-corrected chi connectivity index (χ4v) is 2.86. The van der Waals surface area contributed by atoms with Crippen LogP contribution in [-0.2, 0) is 17.8 Å². The number of aliphatic carboxylic acids is 1. The van der Waals surface area contributed by atoms with Crippen LogP contribution in [-0.4, -0.2) is 39.8 Å². The summed E-state index contributed by atoms with van der Waals surface area (Å²) in [7, 11) is 0. The van der Waals surface area contributed by atoms with Crippen molar-refractivity contribution in [2.45, 2.75) is 25.5 Å². The number of β-amino-alcohol motifs (C(OH)–C–C–N with tert-alkyl or cyclic N) is 1. The maximum atomic E-state index is 10.9. The van der Waals surface area contributed by atoms with Crippen molar-refractivity contribution in [2.75, 3.05) is 13.1 Å². The van der Waals surface area contributed by atoms with Crippen LogP contribution in [0.2, 0.25) is 0 Å². The highest BCUT2D eigenvalue weighted by molar-refractivity contribution is 9.10. The van der Waals surface area contributed by atoms with Crippen LogP contribution >= 0.6 is 15.9 Å². The van der Waals surface area contributed by atoms with Crippen LogP contribution in [0.1, 0.15) is 18.1 Å². The Morgan fingerprint density at radius 2 is 2.28 bits per heavy atom. The van der Waals surface area contributed by atoms with Crippen molar-refractivity contribution >= 4 is 21.9 Å². The number of benzene rings is 1. The summed E-state index contributed by atoms with van der Waals surface area (Å²) >= 11 is 3.52. The number of hydrogen-bond acceptors (Lipinski definition) is 3. The first-order valence-corrected chi connectivity index (χ1v) is 6.64. The first-order valence-electron chi connectivity index (χ1n) is 5.84. The zero-order chi connectivity index (χ0) is 13.3. The molecule has 2 N–H and O–H groups in total. The normalized spacial score (nSPS) is 19.1. The van der Waals surface area contributed by atoms with Crippen molar-refractivity contribution in [3.63, 3.8) is 0 Å². The minimum atomic E-state index is -1.69. The number of rotatable bonds is 3. The highest BCUT2D eigenvalue weighted by Gasteiger charge is 2.33. The van der Waals surface area contributed by atoms with Gasteiger partial charge in [0.2, 0.25) is 0 Å². The highest BCUT2D eigenvalue weighted by Crippen LogP contribution is 2.26. The number of carboxylic acid groups (broad SMARTS) is 1. The van der Waals surface area contributed by atoms with E-state index in [2.05, 4.69) is 15.9 Å². The molecule has 98 valence electrons. The van der Waals surface area contributed by atoms with Crippen molar-refractivity contribution in [3.8, 4) is 0 Å². The van der Waals surface area contributed by atoms with Crippen molar-refractivity contribution in [1.29, 1.82) is 0 Å². The molecule has 1 unspecified atom stereocenters. The Balaban J connectivity index is 2.11. The Bertz CT molecular complexity index is 473. The zero-order valence-electron chi connectivity index (χ0n) is 10.2. The van der Waals surface area contributed by atoms with E-state index in [0.29, 0.717) is 6.54 Å². The second kappa shape index (κ2) is 4.99. The number of halogens is 1. The predicted molar refractivity (Wildman–Crippen MR) is 71.4 cm³/mol. The van der Waals surface area contributed by atoms with E-state index < -0.39 is 11.6 Å². The summed E-state index contributed by atoms with van der Waals surface area (Å²) in [6.45, 7) is 2.93. The minimum absolute atomic E-state index is 0.147. The SMILES string of the molecule is CC(O)(CN1CCc2c(Br)cccc2C1)C(=O)O. The monoisotopic (exact) mass is 313 g/mol. The van der Waals surface area contributed by atoms with Crippen LogP contribution in [0.15, 0.2) is 22.7 Å². The van der Waals surface area contributed by atoms with Crippen LogP contribution in [0.3, 0.4) is 0 Å². The largest absolute Gasteiger partial charge is 0.479 e. The molecule has 1 atom stereocenters. The van der Waals surface area contributed by atoms with Gasteiger partial charge in [-0.1, -0.05) is 28.1 Å². The van der Waals surface area contributed by atoms with Crippen LogP contribution in [0.4, 0.5) is 0 Å². The van der Waals surface area contributed by atoms with Crippen LogP contribution in [0.25, 0.3) is 0 Å². The smallest absolute Gasteiger partial charge is 0.336 e. The molecule has 1 aliphatic heterocycles. The molecule has 0 bridgehead atoms. The summed E-state index contributed by atoms with van der Waals surface area (Å²) in [5, 5.41) is 18.7. The van der Waals surface area contributed by atoms with Crippen LogP contribution < -0.4 is 0 Å². The van der Waals surface area contributed by atoms with E-state index in [1.165, 1.54) is 18.1 Å². The van der Waals surface area contributed by atoms with E-state index in [4.69, 9.17) is 5.11 Å². The molecule has 1 aromatic rings. The molecule has 2 rings (SSSR count). The second-order valence-electron chi connectivity index (χ2n) is 4.92. The molecule has 1 heterocycles. The highest BCUT2D eigenvalue weighted by atomic mass is 79.9. The number of nitrogens with zero attached hydrogens (tertiary/aromatic N) is 1. The Morgan fingerprint density at radius 1 is 1.56 bits per heavy atom. The van der Waals surface area contributed by atoms with E-state index >= 15 is 0 Å². The third kappa shape index (κ3) is 2.74. The molecular weight excluding hydrogens is 298 g/mol. The van der Waals surface area contributed by atoms with Gasteiger partial charge in [0.25, 0.3) is 0 Å². The number of hydrogen-bond donors (Lipinski definition) is 2. The lowest BCUT2D eigenvalue weighted by molar-refractivity contribution is -0.158. The van der Waals surface area contributed by atoms with Gasteiger partial charge < -0.3 is 10.2 Å². The number of carbonyl (C=O) groups is 1. The standard InChI is InChI=1S/C13H16BrNO3/c1-13(18,12(16)17)8-15-6-5-10-9(7-15)3-2-4-11(10)14/h2-4,18H,5-8H2,1H3,(H,16,17). The Labute approximate surface area is 114 Å². The van der Waals surface area contributed by atoms with Gasteiger partial charge in [-0.2, -0.15) is 0 Å². The summed E-state index contributed by atoms with van der Waals surface area (Å²) in [6, 6.07) is 6.03. The van der Waals surface area contributed by atoms with Gasteiger partial charge in [-0.3, -0.25) is 4.90 Å². The molecule has 0 saturated heterocycles. The van der Waals surface area contributed by atoms with E-state index in [1.54, 1.807) is 0 Å². The first kappa shape index (κ1) is 13.5. The van der Waals surface area contributed by atoms with Crippen LogP contribution in [0.5, 0.6) is 0 Å². The van der Waals surface area contributed by atoms with Gasteiger partial charge in [0.15, 0.2) is 5.60 Å². The van der Waals surface area contributed by atoms with Gasteiger partial charge in [-0.15, -0.1) is 0 Å². The summed E-state index contributed by atoms with van der Waals surface area (Å²) in [5.74, 6) is -1.18. The Morgan fingerprint density at radius 3 is 2.94 bits per heavy atom. The first-order chi connectivity index (χ1) is 8.40. The lowest BCUT2D eigenvalue weighted by Gasteiger charge is -2.33. The van der Waals surface area contributed by atoms with Crippen molar-refractivity contribution < 1.29 is 15.0 Å². The topological polar surface area (TPSA) is 60.8 Å². The molecular formula is C13H16BrNO3. The fourth-order valence-electron chi connectivity index (χ4n) is 2.26. The van der Waals surface area contributed by atoms with Gasteiger partial charge in [0.1, 0.15) is 0 Å². The lowest BCUT2D eigenvalue weighted by Crippen LogP contribution is -2.48. The molecule has 5 heteroatoms. The summed E-state index contributed by atoms with van der Waals surface area (Å²) in [5.41, 5.74) is 0.782. The summed E-state index contributed by atoms with van der Waals surface area (Å²) < 4.78 is 1.10. The average Bonchev–Trinajstić information content (AvgIpc) is 2.28. The molecule has 0 aliphatic carbocycles. The maximum Gasteiger partial charge on any atom is 0.336 e. The van der Waals surface area contributed by atoms with Gasteiger partial charge in [-0.25, -0.2) is 4.79 Å². The molecule has 0 fully saturated rings.